The lowest BCUT2D eigenvalue weighted by molar-refractivity contribution is 0.0785. The van der Waals surface area contributed by atoms with Crippen molar-refractivity contribution in [3.63, 3.8) is 0 Å². The molecule has 0 fully saturated rings. The van der Waals surface area contributed by atoms with E-state index in [1.54, 1.807) is 20.9 Å². The van der Waals surface area contributed by atoms with Gasteiger partial charge in [0.25, 0.3) is 5.91 Å². The number of carbonyl (C=O) groups excluding carboxylic acids is 1. The highest BCUT2D eigenvalue weighted by Crippen LogP contribution is 2.25. The standard InChI is InChI=1S/C19H22BrClN2O3S/c1-13(2)23(4)27(25,26)16-9-10-18(21)17(11-16)19(24)22(3)12-14-5-7-15(20)8-6-14/h5-11,13H,12H2,1-4H3. The van der Waals surface area contributed by atoms with Crippen LogP contribution in [0.25, 0.3) is 0 Å². The lowest BCUT2D eigenvalue weighted by atomic mass is 10.1. The number of rotatable bonds is 6. The van der Waals surface area contributed by atoms with Crippen molar-refractivity contribution in [1.82, 2.24) is 9.21 Å². The summed E-state index contributed by atoms with van der Waals surface area (Å²) in [5.74, 6) is -0.341. The molecule has 0 radical (unpaired) electrons. The molecule has 146 valence electrons. The maximum absolute atomic E-state index is 12.8. The van der Waals surface area contributed by atoms with E-state index in [1.165, 1.54) is 34.5 Å². The maximum atomic E-state index is 12.8. The van der Waals surface area contributed by atoms with Gasteiger partial charge in [-0.2, -0.15) is 4.31 Å². The van der Waals surface area contributed by atoms with Crippen LogP contribution in [0.1, 0.15) is 29.8 Å². The second kappa shape index (κ2) is 8.73. The summed E-state index contributed by atoms with van der Waals surface area (Å²) in [4.78, 5) is 14.4. The molecule has 5 nitrogen and oxygen atoms in total. The predicted molar refractivity (Wildman–Crippen MR) is 111 cm³/mol. The van der Waals surface area contributed by atoms with Crippen molar-refractivity contribution in [2.24, 2.45) is 0 Å². The first-order chi connectivity index (χ1) is 12.5. The van der Waals surface area contributed by atoms with Gasteiger partial charge in [-0.25, -0.2) is 8.42 Å². The molecule has 0 saturated heterocycles. The zero-order valence-corrected chi connectivity index (χ0v) is 18.8. The Morgan fingerprint density at radius 3 is 2.26 bits per heavy atom. The molecule has 0 unspecified atom stereocenters. The summed E-state index contributed by atoms with van der Waals surface area (Å²) < 4.78 is 27.6. The zero-order chi connectivity index (χ0) is 20.4. The molecule has 0 N–H and O–H groups in total. The zero-order valence-electron chi connectivity index (χ0n) is 15.6. The lowest BCUT2D eigenvalue weighted by Gasteiger charge is -2.22. The first-order valence-electron chi connectivity index (χ1n) is 8.31. The molecule has 0 heterocycles. The Bertz CT molecular complexity index is 930. The SMILES string of the molecule is CC(C)N(C)S(=O)(=O)c1ccc(Cl)c(C(=O)N(C)Cc2ccc(Br)cc2)c1. The third kappa shape index (κ3) is 5.10. The quantitative estimate of drug-likeness (QED) is 0.625. The molecule has 27 heavy (non-hydrogen) atoms. The van der Waals surface area contributed by atoms with Crippen LogP contribution in [0.5, 0.6) is 0 Å². The summed E-state index contributed by atoms with van der Waals surface area (Å²) in [5.41, 5.74) is 1.11. The Morgan fingerprint density at radius 2 is 1.70 bits per heavy atom. The second-order valence-electron chi connectivity index (χ2n) is 6.54. The second-order valence-corrected chi connectivity index (χ2v) is 9.86. The van der Waals surface area contributed by atoms with E-state index in [0.29, 0.717) is 6.54 Å². The number of amides is 1. The maximum Gasteiger partial charge on any atom is 0.255 e. The number of nitrogens with zero attached hydrogens (tertiary/aromatic N) is 2. The van der Waals surface area contributed by atoms with Gasteiger partial charge in [0.1, 0.15) is 0 Å². The molecule has 2 aromatic carbocycles. The number of sulfonamides is 1. The fourth-order valence-electron chi connectivity index (χ4n) is 2.41. The van der Waals surface area contributed by atoms with Crippen molar-refractivity contribution in [1.29, 1.82) is 0 Å². The fourth-order valence-corrected chi connectivity index (χ4v) is 4.27. The molecule has 0 aliphatic heterocycles. The number of halogens is 2. The first-order valence-corrected chi connectivity index (χ1v) is 10.9. The first kappa shape index (κ1) is 21.9. The van der Waals surface area contributed by atoms with Gasteiger partial charge in [0.05, 0.1) is 15.5 Å². The van der Waals surface area contributed by atoms with Crippen LogP contribution in [0.2, 0.25) is 5.02 Å². The molecule has 0 spiro atoms. The summed E-state index contributed by atoms with van der Waals surface area (Å²) in [7, 11) is -0.537. The molecule has 8 heteroatoms. The van der Waals surface area contributed by atoms with Gasteiger partial charge in [0, 0.05) is 31.2 Å². The molecule has 1 amide bonds. The molecule has 2 rings (SSSR count). The van der Waals surface area contributed by atoms with Crippen LogP contribution < -0.4 is 0 Å². The molecule has 0 aliphatic carbocycles. The minimum absolute atomic E-state index is 0.0449. The average molecular weight is 474 g/mol. The molecular weight excluding hydrogens is 452 g/mol. The number of benzene rings is 2. The monoisotopic (exact) mass is 472 g/mol. The number of hydrogen-bond donors (Lipinski definition) is 0. The summed E-state index contributed by atoms with van der Waals surface area (Å²) in [5, 5.41) is 0.216. The molecular formula is C19H22BrClN2O3S. The van der Waals surface area contributed by atoms with Crippen LogP contribution in [0, 0.1) is 0 Å². The van der Waals surface area contributed by atoms with Crippen molar-refractivity contribution >= 4 is 43.5 Å². The lowest BCUT2D eigenvalue weighted by Crippen LogP contribution is -2.33. The Labute approximate surface area is 174 Å². The van der Waals surface area contributed by atoms with Crippen molar-refractivity contribution in [3.05, 3.63) is 63.1 Å². The highest BCUT2D eigenvalue weighted by molar-refractivity contribution is 9.10. The van der Waals surface area contributed by atoms with Gasteiger partial charge in [-0.1, -0.05) is 39.7 Å². The van der Waals surface area contributed by atoms with E-state index in [2.05, 4.69) is 15.9 Å². The van der Waals surface area contributed by atoms with Crippen LogP contribution in [-0.2, 0) is 16.6 Å². The average Bonchev–Trinajstić information content (AvgIpc) is 2.62. The van der Waals surface area contributed by atoms with Gasteiger partial charge in [-0.3, -0.25) is 4.79 Å². The molecule has 0 aromatic heterocycles. The Morgan fingerprint density at radius 1 is 1.11 bits per heavy atom. The third-order valence-corrected chi connectivity index (χ3v) is 7.14. The van der Waals surface area contributed by atoms with Crippen molar-refractivity contribution in [2.45, 2.75) is 31.3 Å². The largest absolute Gasteiger partial charge is 0.337 e. The van der Waals surface area contributed by atoms with Crippen LogP contribution in [0.4, 0.5) is 0 Å². The summed E-state index contributed by atoms with van der Waals surface area (Å²) in [6.45, 7) is 3.95. The Balaban J connectivity index is 2.32. The van der Waals surface area contributed by atoms with Gasteiger partial charge < -0.3 is 4.90 Å². The smallest absolute Gasteiger partial charge is 0.255 e. The van der Waals surface area contributed by atoms with E-state index in [1.807, 2.05) is 24.3 Å². The van der Waals surface area contributed by atoms with E-state index >= 15 is 0 Å². The minimum atomic E-state index is -3.70. The molecule has 0 aliphatic rings. The fraction of sp³-hybridized carbons (Fsp3) is 0.316. The Hall–Kier alpha value is -1.41. The molecule has 0 saturated carbocycles. The highest BCUT2D eigenvalue weighted by Gasteiger charge is 2.25. The van der Waals surface area contributed by atoms with Crippen LogP contribution in [0.3, 0.4) is 0 Å². The van der Waals surface area contributed by atoms with E-state index in [4.69, 9.17) is 11.6 Å². The van der Waals surface area contributed by atoms with Gasteiger partial charge in [-0.15, -0.1) is 0 Å². The molecule has 2 aromatic rings. The summed E-state index contributed by atoms with van der Waals surface area (Å²) in [6, 6.07) is 11.6. The normalized spacial score (nSPS) is 11.9. The number of hydrogen-bond acceptors (Lipinski definition) is 3. The molecule has 0 bridgehead atoms. The van der Waals surface area contributed by atoms with Gasteiger partial charge in [0.2, 0.25) is 10.0 Å². The topological polar surface area (TPSA) is 57.7 Å². The van der Waals surface area contributed by atoms with Gasteiger partial charge in [0.15, 0.2) is 0 Å². The van der Waals surface area contributed by atoms with E-state index in [0.717, 1.165) is 10.0 Å². The highest BCUT2D eigenvalue weighted by atomic mass is 79.9. The summed E-state index contributed by atoms with van der Waals surface area (Å²) >= 11 is 9.57. The van der Waals surface area contributed by atoms with Gasteiger partial charge >= 0.3 is 0 Å². The van der Waals surface area contributed by atoms with Crippen LogP contribution in [-0.4, -0.2) is 43.7 Å². The van der Waals surface area contributed by atoms with Crippen molar-refractivity contribution in [2.75, 3.05) is 14.1 Å². The van der Waals surface area contributed by atoms with E-state index in [9.17, 15) is 13.2 Å². The number of carbonyl (C=O) groups is 1. The predicted octanol–water partition coefficient (Wildman–Crippen LogP) is 4.40. The van der Waals surface area contributed by atoms with Crippen molar-refractivity contribution in [3.8, 4) is 0 Å². The molecule has 0 atom stereocenters. The van der Waals surface area contributed by atoms with Crippen LogP contribution >= 0.6 is 27.5 Å². The van der Waals surface area contributed by atoms with E-state index in [-0.39, 0.29) is 27.4 Å². The van der Waals surface area contributed by atoms with E-state index < -0.39 is 10.0 Å². The summed E-state index contributed by atoms with van der Waals surface area (Å²) in [6.07, 6.45) is 0. The third-order valence-electron chi connectivity index (χ3n) is 4.25. The van der Waals surface area contributed by atoms with Crippen molar-refractivity contribution < 1.29 is 13.2 Å². The van der Waals surface area contributed by atoms with Crippen LogP contribution in [0.15, 0.2) is 51.8 Å². The van der Waals surface area contributed by atoms with Gasteiger partial charge in [-0.05, 0) is 49.7 Å². The Kier molecular flexibility index (Phi) is 7.08. The minimum Gasteiger partial charge on any atom is -0.337 e.